The first-order valence-electron chi connectivity index (χ1n) is 29.2. The zero-order chi connectivity index (χ0) is 54.8. The van der Waals surface area contributed by atoms with E-state index in [9.17, 15) is 0 Å². The van der Waals surface area contributed by atoms with Crippen LogP contribution < -0.4 is 31.1 Å². The second-order valence-electron chi connectivity index (χ2n) is 26.9. The molecule has 0 N–H and O–H groups in total. The van der Waals surface area contributed by atoms with Gasteiger partial charge in [-0.15, -0.1) is 0 Å². The summed E-state index contributed by atoms with van der Waals surface area (Å²) in [5, 5.41) is 0. The summed E-state index contributed by atoms with van der Waals surface area (Å²) >= 11 is 0. The van der Waals surface area contributed by atoms with Crippen LogP contribution >= 0.6 is 0 Å². The van der Waals surface area contributed by atoms with Gasteiger partial charge in [-0.2, -0.15) is 0 Å². The third-order valence-corrected chi connectivity index (χ3v) is 18.9. The molecule has 4 aliphatic rings. The topological polar surface area (TPSA) is 9.72 Å². The van der Waals surface area contributed by atoms with Crippen molar-refractivity contribution in [2.75, 3.05) is 14.7 Å². The monoisotopic (exact) mass is 1030 g/mol. The molecule has 0 bridgehead atoms. The Balaban J connectivity index is 1.16. The molecule has 0 radical (unpaired) electrons. The Morgan fingerprint density at radius 3 is 1.43 bits per heavy atom. The van der Waals surface area contributed by atoms with E-state index in [2.05, 4.69) is 291 Å². The molecule has 79 heavy (non-hydrogen) atoms. The average Bonchev–Trinajstić information content (AvgIpc) is 2.90. The largest absolute Gasteiger partial charge is 0.334 e. The van der Waals surface area contributed by atoms with Crippen molar-refractivity contribution in [3.05, 3.63) is 234 Å². The molecule has 4 heteroatoms. The lowest BCUT2D eigenvalue weighted by Gasteiger charge is -2.51. The van der Waals surface area contributed by atoms with Gasteiger partial charge in [0.1, 0.15) is 0 Å². The normalized spacial score (nSPS) is 18.4. The van der Waals surface area contributed by atoms with E-state index >= 15 is 0 Å². The molecule has 0 spiro atoms. The maximum Gasteiger partial charge on any atom is 0.252 e. The van der Waals surface area contributed by atoms with Gasteiger partial charge < -0.3 is 14.7 Å². The molecule has 1 fully saturated rings. The lowest BCUT2D eigenvalue weighted by Crippen LogP contribution is -2.61. The van der Waals surface area contributed by atoms with Crippen molar-refractivity contribution < 1.29 is 0 Å². The molecule has 9 aromatic rings. The molecule has 0 saturated heterocycles. The van der Waals surface area contributed by atoms with Gasteiger partial charge in [0.25, 0.3) is 6.71 Å². The first-order chi connectivity index (χ1) is 37.8. The molecule has 394 valence electrons. The highest BCUT2D eigenvalue weighted by Crippen LogP contribution is 2.62. The summed E-state index contributed by atoms with van der Waals surface area (Å²) in [6, 6.07) is 77.5. The predicted octanol–water partition coefficient (Wildman–Crippen LogP) is 18.3. The molecular formula is C75H76BN3. The Morgan fingerprint density at radius 1 is 0.405 bits per heavy atom. The van der Waals surface area contributed by atoms with E-state index in [4.69, 9.17) is 0 Å². The molecule has 13 rings (SSSR count). The van der Waals surface area contributed by atoms with Crippen molar-refractivity contribution in [2.24, 2.45) is 0 Å². The maximum atomic E-state index is 2.83. The van der Waals surface area contributed by atoms with Gasteiger partial charge in [-0.1, -0.05) is 228 Å². The van der Waals surface area contributed by atoms with Gasteiger partial charge in [0, 0.05) is 50.7 Å². The van der Waals surface area contributed by atoms with Crippen LogP contribution in [-0.4, -0.2) is 12.3 Å². The lowest BCUT2D eigenvalue weighted by atomic mass is 9.33. The summed E-state index contributed by atoms with van der Waals surface area (Å²) in [6.45, 7) is 26.3. The van der Waals surface area contributed by atoms with Gasteiger partial charge in [0.2, 0.25) is 0 Å². The van der Waals surface area contributed by atoms with Crippen LogP contribution in [0.1, 0.15) is 135 Å². The Kier molecular flexibility index (Phi) is 11.9. The number of rotatable bonds is 7. The van der Waals surface area contributed by atoms with E-state index < -0.39 is 0 Å². The van der Waals surface area contributed by atoms with Crippen molar-refractivity contribution in [3.8, 4) is 22.3 Å². The summed E-state index contributed by atoms with van der Waals surface area (Å²) in [4.78, 5) is 8.18. The zero-order valence-electron chi connectivity index (χ0n) is 48.5. The molecule has 9 aromatic carbocycles. The van der Waals surface area contributed by atoms with Crippen molar-refractivity contribution in [3.63, 3.8) is 0 Å². The van der Waals surface area contributed by atoms with Crippen LogP contribution in [0.4, 0.5) is 45.5 Å². The Labute approximate surface area is 472 Å². The van der Waals surface area contributed by atoms with Crippen molar-refractivity contribution in [1.82, 2.24) is 0 Å². The van der Waals surface area contributed by atoms with Gasteiger partial charge >= 0.3 is 0 Å². The molecular weight excluding hydrogens is 954 g/mol. The van der Waals surface area contributed by atoms with Crippen molar-refractivity contribution in [1.29, 1.82) is 0 Å². The molecule has 0 aromatic heterocycles. The van der Waals surface area contributed by atoms with Crippen LogP contribution in [0.2, 0.25) is 0 Å². The number of hydrogen-bond donors (Lipinski definition) is 0. The maximum absolute atomic E-state index is 2.83. The fourth-order valence-electron chi connectivity index (χ4n) is 14.3. The number of benzene rings is 9. The van der Waals surface area contributed by atoms with Crippen LogP contribution in [0.15, 0.2) is 200 Å². The third kappa shape index (κ3) is 8.30. The highest BCUT2D eigenvalue weighted by Gasteiger charge is 2.58. The molecule has 2 atom stereocenters. The standard InChI is InChI=1S/C75H76BN3/c1-71(2,3)54-34-38-63(58(45-54)52-27-17-13-18-28-52)77-66-32-22-21-31-61(66)76-62-47-56(73(7,8)9)36-40-67(62)78(64-39-35-55(72(4,5)6)46-59(64)53-29-19-14-20-30-53)69-49-57(48-68(77)70(69)76)79-65-37-33-51(43-50-25-15-12-16-26-50)44-60(65)74(10)41-23-24-42-75(74,79)11/h12-22,25-40,44-49H,23-24,41-43H2,1-11H3. The van der Waals surface area contributed by atoms with Crippen molar-refractivity contribution in [2.45, 2.75) is 135 Å². The highest BCUT2D eigenvalue weighted by molar-refractivity contribution is 7.00. The van der Waals surface area contributed by atoms with Crippen LogP contribution in [0.3, 0.4) is 0 Å². The predicted molar refractivity (Wildman–Crippen MR) is 339 cm³/mol. The van der Waals surface area contributed by atoms with Gasteiger partial charge in [-0.3, -0.25) is 0 Å². The van der Waals surface area contributed by atoms with Crippen LogP contribution in [0.5, 0.6) is 0 Å². The second kappa shape index (κ2) is 18.5. The minimum absolute atomic E-state index is 0.0370. The van der Waals surface area contributed by atoms with Gasteiger partial charge in [0.05, 0.1) is 16.9 Å². The minimum Gasteiger partial charge on any atom is -0.334 e. The van der Waals surface area contributed by atoms with E-state index in [1.807, 2.05) is 0 Å². The smallest absolute Gasteiger partial charge is 0.252 e. The van der Waals surface area contributed by atoms with Gasteiger partial charge in [-0.25, -0.2) is 0 Å². The second-order valence-corrected chi connectivity index (χ2v) is 26.9. The lowest BCUT2D eigenvalue weighted by molar-refractivity contribution is 0.195. The SMILES string of the molecule is CC(C)(C)c1ccc2c(c1)B1c3ccccc3N(c3ccc(C(C)(C)C)cc3-c3ccccc3)c3cc(N4c5ccc(Cc6ccccc6)cc5C5(C)CCCCC45C)cc(c31)N2c1ccc(C(C)(C)C)cc1-c1ccccc1. The van der Waals surface area contributed by atoms with Crippen LogP contribution in [0, 0.1) is 0 Å². The summed E-state index contributed by atoms with van der Waals surface area (Å²) in [5.74, 6) is 0. The fraction of sp³-hybridized carbons (Fsp3) is 0.280. The quantitative estimate of drug-likeness (QED) is 0.147. The summed E-state index contributed by atoms with van der Waals surface area (Å²) in [7, 11) is 0. The third-order valence-electron chi connectivity index (χ3n) is 18.9. The Morgan fingerprint density at radius 2 is 0.873 bits per heavy atom. The molecule has 3 aliphatic heterocycles. The summed E-state index contributed by atoms with van der Waals surface area (Å²) in [6.07, 6.45) is 5.60. The number of hydrogen-bond acceptors (Lipinski definition) is 3. The molecule has 1 saturated carbocycles. The van der Waals surface area contributed by atoms with Crippen molar-refractivity contribution >= 4 is 68.6 Å². The number of anilines is 8. The number of nitrogens with zero attached hydrogens (tertiary/aromatic N) is 3. The number of fused-ring (bicyclic) bond motifs is 7. The molecule has 1 aliphatic carbocycles. The van der Waals surface area contributed by atoms with E-state index in [0.29, 0.717) is 0 Å². The minimum atomic E-state index is -0.192. The van der Waals surface area contributed by atoms with Crippen LogP contribution in [-0.2, 0) is 28.1 Å². The van der Waals surface area contributed by atoms with Gasteiger partial charge in [0.15, 0.2) is 0 Å². The average molecular weight is 1030 g/mol. The highest BCUT2D eigenvalue weighted by atomic mass is 15.3. The molecule has 2 unspecified atom stereocenters. The summed E-state index contributed by atoms with van der Waals surface area (Å²) in [5.41, 5.74) is 26.5. The fourth-order valence-corrected chi connectivity index (χ4v) is 14.3. The van der Waals surface area contributed by atoms with E-state index in [0.717, 1.165) is 19.3 Å². The summed E-state index contributed by atoms with van der Waals surface area (Å²) < 4.78 is 0. The first-order valence-corrected chi connectivity index (χ1v) is 29.2. The van der Waals surface area contributed by atoms with Gasteiger partial charge in [-0.05, 0) is 158 Å². The van der Waals surface area contributed by atoms with E-state index in [-0.39, 0.29) is 33.9 Å². The molecule has 3 nitrogen and oxygen atoms in total. The van der Waals surface area contributed by atoms with E-state index in [1.54, 1.807) is 0 Å². The van der Waals surface area contributed by atoms with Crippen LogP contribution in [0.25, 0.3) is 22.3 Å². The first kappa shape index (κ1) is 50.9. The van der Waals surface area contributed by atoms with E-state index in [1.165, 1.54) is 130 Å². The Bertz CT molecular complexity index is 3800. The number of para-hydroxylation sites is 1. The zero-order valence-corrected chi connectivity index (χ0v) is 48.5. The Hall–Kier alpha value is -7.56. The molecule has 0 amide bonds. The molecule has 3 heterocycles.